The molecule has 1 aliphatic rings. The van der Waals surface area contributed by atoms with Crippen LogP contribution in [-0.2, 0) is 0 Å². The number of piperidine rings is 1. The first-order valence-electron chi connectivity index (χ1n) is 6.73. The van der Waals surface area contributed by atoms with E-state index in [-0.39, 0.29) is 11.9 Å². The molecule has 1 aliphatic heterocycles. The molecule has 1 amide bonds. The Hall–Kier alpha value is -1.62. The van der Waals surface area contributed by atoms with Gasteiger partial charge in [0.25, 0.3) is 5.91 Å². The van der Waals surface area contributed by atoms with Gasteiger partial charge in [-0.2, -0.15) is 0 Å². The van der Waals surface area contributed by atoms with Crippen molar-refractivity contribution in [1.29, 1.82) is 0 Å². The van der Waals surface area contributed by atoms with E-state index in [0.29, 0.717) is 11.6 Å². The fraction of sp³-hybridized carbons (Fsp3) is 0.571. The van der Waals surface area contributed by atoms with Crippen molar-refractivity contribution >= 4 is 11.6 Å². The van der Waals surface area contributed by atoms with Crippen molar-refractivity contribution in [2.45, 2.75) is 19.4 Å². The predicted molar refractivity (Wildman–Crippen MR) is 76.3 cm³/mol. The topological polar surface area (TPSA) is 57.3 Å². The zero-order valence-electron chi connectivity index (χ0n) is 11.8. The van der Waals surface area contributed by atoms with E-state index in [1.54, 1.807) is 12.3 Å². The fourth-order valence-electron chi connectivity index (χ4n) is 2.52. The number of aromatic nitrogens is 1. The van der Waals surface area contributed by atoms with Crippen LogP contribution in [0.2, 0.25) is 0 Å². The van der Waals surface area contributed by atoms with Crippen LogP contribution in [0.1, 0.15) is 23.8 Å². The molecule has 2 rings (SSSR count). The highest BCUT2D eigenvalue weighted by molar-refractivity contribution is 5.93. The van der Waals surface area contributed by atoms with E-state index in [2.05, 4.69) is 34.5 Å². The average Bonchev–Trinajstić information content (AvgIpc) is 2.42. The van der Waals surface area contributed by atoms with Crippen LogP contribution in [0.4, 0.5) is 5.69 Å². The minimum absolute atomic E-state index is 0.0847. The number of rotatable bonds is 3. The van der Waals surface area contributed by atoms with Gasteiger partial charge in [0, 0.05) is 31.5 Å². The summed E-state index contributed by atoms with van der Waals surface area (Å²) in [4.78, 5) is 18.6. The van der Waals surface area contributed by atoms with Crippen molar-refractivity contribution in [2.24, 2.45) is 5.92 Å². The smallest absolute Gasteiger partial charge is 0.270 e. The minimum atomic E-state index is -0.0847. The molecule has 2 heterocycles. The molecule has 1 fully saturated rings. The first kappa shape index (κ1) is 13.8. The van der Waals surface area contributed by atoms with Gasteiger partial charge in [-0.1, -0.05) is 6.92 Å². The molecular formula is C14H22N4O. The third-order valence-corrected chi connectivity index (χ3v) is 3.71. The van der Waals surface area contributed by atoms with E-state index >= 15 is 0 Å². The summed E-state index contributed by atoms with van der Waals surface area (Å²) in [5, 5.41) is 6.11. The summed E-state index contributed by atoms with van der Waals surface area (Å²) in [5.41, 5.74) is 1.37. The highest BCUT2D eigenvalue weighted by Gasteiger charge is 2.26. The van der Waals surface area contributed by atoms with E-state index < -0.39 is 0 Å². The largest absolute Gasteiger partial charge is 0.388 e. The lowest BCUT2D eigenvalue weighted by molar-refractivity contribution is 0.0879. The summed E-state index contributed by atoms with van der Waals surface area (Å²) in [5.74, 6) is 0.383. The highest BCUT2D eigenvalue weighted by atomic mass is 16.1. The van der Waals surface area contributed by atoms with E-state index in [4.69, 9.17) is 0 Å². The lowest BCUT2D eigenvalue weighted by atomic mass is 9.94. The fourth-order valence-corrected chi connectivity index (χ4v) is 2.52. The number of nitrogens with zero attached hydrogens (tertiary/aromatic N) is 2. The Morgan fingerprint density at radius 3 is 3.00 bits per heavy atom. The maximum Gasteiger partial charge on any atom is 0.270 e. The number of carbonyl (C=O) groups excluding carboxylic acids is 1. The molecular weight excluding hydrogens is 240 g/mol. The van der Waals surface area contributed by atoms with Crippen molar-refractivity contribution in [3.63, 3.8) is 0 Å². The standard InChI is InChI=1S/C14H22N4O/c1-10-9-18(3)7-5-12(10)17-14(19)13-8-11(15-2)4-6-16-13/h4,6,8,10,12H,5,7,9H2,1-3H3,(H,15,16)(H,17,19). The second-order valence-corrected chi connectivity index (χ2v) is 5.29. The number of amides is 1. The lowest BCUT2D eigenvalue weighted by Crippen LogP contribution is -2.49. The van der Waals surface area contributed by atoms with Crippen LogP contribution < -0.4 is 10.6 Å². The van der Waals surface area contributed by atoms with Crippen molar-refractivity contribution in [2.75, 3.05) is 32.5 Å². The number of carbonyl (C=O) groups is 1. The quantitative estimate of drug-likeness (QED) is 0.859. The predicted octanol–water partition coefficient (Wildman–Crippen LogP) is 1.19. The van der Waals surface area contributed by atoms with E-state index in [1.807, 2.05) is 13.1 Å². The number of hydrogen-bond donors (Lipinski definition) is 2. The summed E-state index contributed by atoms with van der Waals surface area (Å²) in [6, 6.07) is 3.85. The Balaban J connectivity index is 2.00. The van der Waals surface area contributed by atoms with Gasteiger partial charge in [0.2, 0.25) is 0 Å². The molecule has 0 aliphatic carbocycles. The third-order valence-electron chi connectivity index (χ3n) is 3.71. The molecule has 2 N–H and O–H groups in total. The normalized spacial score (nSPS) is 23.9. The summed E-state index contributed by atoms with van der Waals surface area (Å²) < 4.78 is 0. The van der Waals surface area contributed by atoms with E-state index in [0.717, 1.165) is 25.2 Å². The second-order valence-electron chi connectivity index (χ2n) is 5.29. The molecule has 104 valence electrons. The van der Waals surface area contributed by atoms with Crippen molar-refractivity contribution in [3.8, 4) is 0 Å². The first-order chi connectivity index (χ1) is 9.10. The lowest BCUT2D eigenvalue weighted by Gasteiger charge is -2.35. The molecule has 0 radical (unpaired) electrons. The highest BCUT2D eigenvalue weighted by Crippen LogP contribution is 2.16. The Labute approximate surface area is 114 Å². The Morgan fingerprint density at radius 1 is 1.53 bits per heavy atom. The summed E-state index contributed by atoms with van der Waals surface area (Å²) in [6.07, 6.45) is 2.65. The molecule has 1 aromatic rings. The molecule has 2 unspecified atom stereocenters. The monoisotopic (exact) mass is 262 g/mol. The zero-order valence-corrected chi connectivity index (χ0v) is 11.8. The van der Waals surface area contributed by atoms with Crippen molar-refractivity contribution in [1.82, 2.24) is 15.2 Å². The average molecular weight is 262 g/mol. The van der Waals surface area contributed by atoms with Gasteiger partial charge in [-0.05, 0) is 38.1 Å². The Morgan fingerprint density at radius 2 is 2.32 bits per heavy atom. The van der Waals surface area contributed by atoms with Gasteiger partial charge in [0.15, 0.2) is 0 Å². The molecule has 5 heteroatoms. The molecule has 1 aromatic heterocycles. The maximum atomic E-state index is 12.2. The van der Waals surface area contributed by atoms with Crippen LogP contribution in [0.3, 0.4) is 0 Å². The van der Waals surface area contributed by atoms with E-state index in [1.165, 1.54) is 0 Å². The number of anilines is 1. The summed E-state index contributed by atoms with van der Waals surface area (Å²) in [6.45, 7) is 4.23. The SMILES string of the molecule is CNc1ccnc(C(=O)NC2CCN(C)CC2C)c1. The van der Waals surface area contributed by atoms with Gasteiger partial charge < -0.3 is 15.5 Å². The van der Waals surface area contributed by atoms with Crippen LogP contribution in [0.25, 0.3) is 0 Å². The van der Waals surface area contributed by atoms with E-state index in [9.17, 15) is 4.79 Å². The van der Waals surface area contributed by atoms with Gasteiger partial charge in [-0.15, -0.1) is 0 Å². The number of hydrogen-bond acceptors (Lipinski definition) is 4. The van der Waals surface area contributed by atoms with Crippen LogP contribution >= 0.6 is 0 Å². The minimum Gasteiger partial charge on any atom is -0.388 e. The van der Waals surface area contributed by atoms with Crippen LogP contribution in [0.15, 0.2) is 18.3 Å². The maximum absolute atomic E-state index is 12.2. The second kappa shape index (κ2) is 6.02. The molecule has 0 saturated carbocycles. The first-order valence-corrected chi connectivity index (χ1v) is 6.73. The molecule has 19 heavy (non-hydrogen) atoms. The van der Waals surface area contributed by atoms with Gasteiger partial charge in [0.1, 0.15) is 5.69 Å². The van der Waals surface area contributed by atoms with Gasteiger partial charge in [0.05, 0.1) is 0 Å². The zero-order chi connectivity index (χ0) is 13.8. The van der Waals surface area contributed by atoms with Gasteiger partial charge in [-0.25, -0.2) is 0 Å². The molecule has 0 spiro atoms. The molecule has 1 saturated heterocycles. The molecule has 0 bridgehead atoms. The Kier molecular flexibility index (Phi) is 4.37. The molecule has 0 aromatic carbocycles. The Bertz CT molecular complexity index is 449. The van der Waals surface area contributed by atoms with Crippen molar-refractivity contribution < 1.29 is 4.79 Å². The van der Waals surface area contributed by atoms with Gasteiger partial charge >= 0.3 is 0 Å². The number of pyridine rings is 1. The number of likely N-dealkylation sites (tertiary alicyclic amines) is 1. The van der Waals surface area contributed by atoms with Gasteiger partial charge in [-0.3, -0.25) is 9.78 Å². The summed E-state index contributed by atoms with van der Waals surface area (Å²) in [7, 11) is 3.95. The van der Waals surface area contributed by atoms with Crippen molar-refractivity contribution in [3.05, 3.63) is 24.0 Å². The summed E-state index contributed by atoms with van der Waals surface area (Å²) >= 11 is 0. The number of nitrogens with one attached hydrogen (secondary N) is 2. The van der Waals surface area contributed by atoms with Crippen LogP contribution in [0, 0.1) is 5.92 Å². The molecule has 5 nitrogen and oxygen atoms in total. The van der Waals surface area contributed by atoms with Crippen LogP contribution in [0.5, 0.6) is 0 Å². The molecule has 2 atom stereocenters. The third kappa shape index (κ3) is 3.44. The van der Waals surface area contributed by atoms with Crippen LogP contribution in [-0.4, -0.2) is 49.0 Å².